The van der Waals surface area contributed by atoms with Crippen LogP contribution in [-0.4, -0.2) is 6.54 Å². The molecule has 2 heteroatoms. The average Bonchev–Trinajstić information content (AvgIpc) is 2.28. The third-order valence-corrected chi connectivity index (χ3v) is 2.48. The lowest BCUT2D eigenvalue weighted by molar-refractivity contribution is 0.598. The highest BCUT2D eigenvalue weighted by molar-refractivity contribution is 5.15. The summed E-state index contributed by atoms with van der Waals surface area (Å²) in [5, 5.41) is 3.31. The van der Waals surface area contributed by atoms with Gasteiger partial charge in [-0.1, -0.05) is 24.6 Å². The van der Waals surface area contributed by atoms with E-state index in [1.54, 1.807) is 12.1 Å². The van der Waals surface area contributed by atoms with Crippen molar-refractivity contribution in [3.63, 3.8) is 0 Å². The first-order chi connectivity index (χ1) is 7.83. The zero-order chi connectivity index (χ0) is 11.6. The van der Waals surface area contributed by atoms with Gasteiger partial charge in [-0.05, 0) is 43.5 Å². The van der Waals surface area contributed by atoms with E-state index in [-0.39, 0.29) is 5.82 Å². The second-order valence-electron chi connectivity index (χ2n) is 3.94. The van der Waals surface area contributed by atoms with E-state index in [1.807, 2.05) is 12.1 Å². The summed E-state index contributed by atoms with van der Waals surface area (Å²) in [6.45, 7) is 5.43. The number of benzene rings is 1. The summed E-state index contributed by atoms with van der Waals surface area (Å²) >= 11 is 0. The van der Waals surface area contributed by atoms with Gasteiger partial charge in [-0.2, -0.15) is 0 Å². The monoisotopic (exact) mass is 221 g/mol. The summed E-state index contributed by atoms with van der Waals surface area (Å²) < 4.78 is 12.8. The smallest absolute Gasteiger partial charge is 0.123 e. The van der Waals surface area contributed by atoms with E-state index in [2.05, 4.69) is 11.9 Å². The van der Waals surface area contributed by atoms with Crippen LogP contribution < -0.4 is 5.32 Å². The van der Waals surface area contributed by atoms with Gasteiger partial charge >= 0.3 is 0 Å². The summed E-state index contributed by atoms with van der Waals surface area (Å²) in [5.74, 6) is -0.162. The number of nitrogens with one attached hydrogen (secondary N) is 1. The highest BCUT2D eigenvalue weighted by atomic mass is 19.1. The summed E-state index contributed by atoms with van der Waals surface area (Å²) in [4.78, 5) is 0. The lowest BCUT2D eigenvalue weighted by Gasteiger charge is -2.04. The van der Waals surface area contributed by atoms with Crippen molar-refractivity contribution in [3.05, 3.63) is 48.3 Å². The number of hydrogen-bond donors (Lipinski definition) is 1. The highest BCUT2D eigenvalue weighted by Crippen LogP contribution is 2.03. The maximum Gasteiger partial charge on any atom is 0.123 e. The molecule has 0 bridgehead atoms. The lowest BCUT2D eigenvalue weighted by atomic mass is 10.2. The minimum Gasteiger partial charge on any atom is -0.313 e. The van der Waals surface area contributed by atoms with Crippen molar-refractivity contribution in [1.82, 2.24) is 5.32 Å². The van der Waals surface area contributed by atoms with Crippen molar-refractivity contribution in [1.29, 1.82) is 0 Å². The van der Waals surface area contributed by atoms with Crippen LogP contribution >= 0.6 is 0 Å². The van der Waals surface area contributed by atoms with Gasteiger partial charge in [0.2, 0.25) is 0 Å². The SMILES string of the molecule is C=CCCCCCNCc1cccc(F)c1. The Labute approximate surface area is 97.4 Å². The van der Waals surface area contributed by atoms with Gasteiger partial charge in [0, 0.05) is 6.54 Å². The maximum atomic E-state index is 12.8. The second-order valence-corrected chi connectivity index (χ2v) is 3.94. The van der Waals surface area contributed by atoms with Gasteiger partial charge in [-0.15, -0.1) is 6.58 Å². The minimum atomic E-state index is -0.162. The Kier molecular flexibility index (Phi) is 6.50. The van der Waals surface area contributed by atoms with Gasteiger partial charge in [0.1, 0.15) is 5.82 Å². The molecule has 0 aromatic heterocycles. The average molecular weight is 221 g/mol. The molecule has 0 spiro atoms. The van der Waals surface area contributed by atoms with Crippen molar-refractivity contribution < 1.29 is 4.39 Å². The molecule has 1 nitrogen and oxygen atoms in total. The molecule has 0 saturated carbocycles. The Morgan fingerprint density at radius 2 is 2.12 bits per heavy atom. The Bertz CT molecular complexity index is 309. The molecule has 88 valence electrons. The fourth-order valence-corrected chi connectivity index (χ4v) is 1.60. The summed E-state index contributed by atoms with van der Waals surface area (Å²) in [6, 6.07) is 6.73. The zero-order valence-electron chi connectivity index (χ0n) is 9.71. The van der Waals surface area contributed by atoms with Crippen molar-refractivity contribution >= 4 is 0 Å². The normalized spacial score (nSPS) is 10.3. The molecular weight excluding hydrogens is 201 g/mol. The van der Waals surface area contributed by atoms with E-state index in [1.165, 1.54) is 25.3 Å². The van der Waals surface area contributed by atoms with Gasteiger partial charge in [0.05, 0.1) is 0 Å². The summed E-state index contributed by atoms with van der Waals surface area (Å²) in [7, 11) is 0. The van der Waals surface area contributed by atoms with E-state index < -0.39 is 0 Å². The lowest BCUT2D eigenvalue weighted by Crippen LogP contribution is -2.14. The molecule has 0 aliphatic rings. The molecule has 0 amide bonds. The van der Waals surface area contributed by atoms with Crippen molar-refractivity contribution in [3.8, 4) is 0 Å². The van der Waals surface area contributed by atoms with Crippen molar-refractivity contribution in [2.75, 3.05) is 6.54 Å². The molecule has 0 aliphatic heterocycles. The first-order valence-electron chi connectivity index (χ1n) is 5.89. The van der Waals surface area contributed by atoms with Gasteiger partial charge in [0.25, 0.3) is 0 Å². The molecule has 0 heterocycles. The summed E-state index contributed by atoms with van der Waals surface area (Å²) in [5.41, 5.74) is 1.01. The van der Waals surface area contributed by atoms with Crippen molar-refractivity contribution in [2.45, 2.75) is 32.2 Å². The Balaban J connectivity index is 2.05. The molecule has 0 unspecified atom stereocenters. The molecule has 0 saturated heterocycles. The zero-order valence-corrected chi connectivity index (χ0v) is 9.71. The predicted octanol–water partition coefficient (Wildman–Crippen LogP) is 3.66. The predicted molar refractivity (Wildman–Crippen MR) is 66.8 cm³/mol. The third-order valence-electron chi connectivity index (χ3n) is 2.48. The van der Waals surface area contributed by atoms with Gasteiger partial charge < -0.3 is 5.32 Å². The number of rotatable bonds is 8. The van der Waals surface area contributed by atoms with E-state index in [0.717, 1.165) is 25.1 Å². The molecule has 0 atom stereocenters. The quantitative estimate of drug-likeness (QED) is 0.522. The fourth-order valence-electron chi connectivity index (χ4n) is 1.60. The number of unbranched alkanes of at least 4 members (excludes halogenated alkanes) is 3. The van der Waals surface area contributed by atoms with Gasteiger partial charge in [-0.3, -0.25) is 0 Å². The first-order valence-corrected chi connectivity index (χ1v) is 5.89. The standard InChI is InChI=1S/C14H20FN/c1-2-3-4-5-6-10-16-12-13-8-7-9-14(15)11-13/h2,7-9,11,16H,1,3-6,10,12H2. The Hall–Kier alpha value is -1.15. The topological polar surface area (TPSA) is 12.0 Å². The summed E-state index contributed by atoms with van der Waals surface area (Å²) in [6.07, 6.45) is 6.67. The molecule has 1 aromatic rings. The molecule has 1 N–H and O–H groups in total. The van der Waals surface area contributed by atoms with Crippen LogP contribution in [0.1, 0.15) is 31.2 Å². The molecule has 0 fully saturated rings. The largest absolute Gasteiger partial charge is 0.313 e. The molecule has 16 heavy (non-hydrogen) atoms. The Morgan fingerprint density at radius 1 is 1.25 bits per heavy atom. The van der Waals surface area contributed by atoms with Crippen LogP contribution in [0.15, 0.2) is 36.9 Å². The van der Waals surface area contributed by atoms with Crippen LogP contribution in [0.4, 0.5) is 4.39 Å². The number of allylic oxidation sites excluding steroid dienone is 1. The minimum absolute atomic E-state index is 0.162. The maximum absolute atomic E-state index is 12.8. The molecule has 1 aromatic carbocycles. The number of halogens is 1. The molecule has 1 rings (SSSR count). The van der Waals surface area contributed by atoms with Crippen LogP contribution in [0, 0.1) is 5.82 Å². The van der Waals surface area contributed by atoms with Crippen LogP contribution in [0.2, 0.25) is 0 Å². The Morgan fingerprint density at radius 3 is 2.88 bits per heavy atom. The molecule has 0 radical (unpaired) electrons. The van der Waals surface area contributed by atoms with Crippen LogP contribution in [0.3, 0.4) is 0 Å². The van der Waals surface area contributed by atoms with Crippen molar-refractivity contribution in [2.24, 2.45) is 0 Å². The van der Waals surface area contributed by atoms with E-state index in [4.69, 9.17) is 0 Å². The number of hydrogen-bond acceptors (Lipinski definition) is 1. The van der Waals surface area contributed by atoms with E-state index >= 15 is 0 Å². The highest BCUT2D eigenvalue weighted by Gasteiger charge is 1.94. The molecule has 0 aliphatic carbocycles. The van der Waals surface area contributed by atoms with Crippen LogP contribution in [0.5, 0.6) is 0 Å². The molecular formula is C14H20FN. The van der Waals surface area contributed by atoms with Gasteiger partial charge in [0.15, 0.2) is 0 Å². The second kappa shape index (κ2) is 8.05. The first kappa shape index (κ1) is 12.9. The van der Waals surface area contributed by atoms with Crippen LogP contribution in [-0.2, 0) is 6.54 Å². The third kappa shape index (κ3) is 5.66. The van der Waals surface area contributed by atoms with Crippen LogP contribution in [0.25, 0.3) is 0 Å². The van der Waals surface area contributed by atoms with E-state index in [9.17, 15) is 4.39 Å². The van der Waals surface area contributed by atoms with E-state index in [0.29, 0.717) is 0 Å². The van der Waals surface area contributed by atoms with Gasteiger partial charge in [-0.25, -0.2) is 4.39 Å². The fraction of sp³-hybridized carbons (Fsp3) is 0.429.